The van der Waals surface area contributed by atoms with Crippen LogP contribution in [0.4, 0.5) is 5.69 Å². The van der Waals surface area contributed by atoms with Gasteiger partial charge in [-0.1, -0.05) is 72.8 Å². The normalized spacial score (nSPS) is 31.9. The molecule has 7 rings (SSSR count). The summed E-state index contributed by atoms with van der Waals surface area (Å²) in [6.45, 7) is 11.7. The molecule has 4 fully saturated rings. The Labute approximate surface area is 237 Å². The van der Waals surface area contributed by atoms with Crippen molar-refractivity contribution in [3.05, 3.63) is 112 Å². The maximum Gasteiger partial charge on any atom is 0.269 e. The topological polar surface area (TPSA) is 49.6 Å². The first-order chi connectivity index (χ1) is 19.5. The Morgan fingerprint density at radius 2 is 1.30 bits per heavy atom. The number of nitrogens with zero attached hydrogens (tertiary/aromatic N) is 5. The lowest BCUT2D eigenvalue weighted by atomic mass is 9.87. The van der Waals surface area contributed by atoms with Crippen LogP contribution in [0.2, 0.25) is 0 Å². The second-order valence-electron chi connectivity index (χ2n) is 12.8. The van der Waals surface area contributed by atoms with Gasteiger partial charge in [-0.2, -0.15) is 0 Å². The van der Waals surface area contributed by atoms with Crippen LogP contribution in [-0.4, -0.2) is 88.4 Å². The molecule has 0 radical (unpaired) electrons. The minimum Gasteiger partial charge on any atom is -0.297 e. The van der Waals surface area contributed by atoms with Gasteiger partial charge in [0.25, 0.3) is 5.69 Å². The summed E-state index contributed by atoms with van der Waals surface area (Å²) in [4.78, 5) is 16.6. The van der Waals surface area contributed by atoms with Gasteiger partial charge in [0.15, 0.2) is 0 Å². The first kappa shape index (κ1) is 25.8. The lowest BCUT2D eigenvalue weighted by molar-refractivity contribution is -1.07. The van der Waals surface area contributed by atoms with Crippen LogP contribution in [0.25, 0.3) is 0 Å². The van der Waals surface area contributed by atoms with E-state index in [0.717, 1.165) is 37.1 Å². The Morgan fingerprint density at radius 3 is 1.98 bits per heavy atom. The second-order valence-corrected chi connectivity index (χ2v) is 12.8. The van der Waals surface area contributed by atoms with Crippen LogP contribution < -0.4 is 0 Å². The number of benzene rings is 3. The van der Waals surface area contributed by atoms with Gasteiger partial charge in [0.2, 0.25) is 12.3 Å². The zero-order chi connectivity index (χ0) is 27.2. The molecular formula is C33H41N5O2+2. The first-order valence-electron chi connectivity index (χ1n) is 15.0. The van der Waals surface area contributed by atoms with Crippen molar-refractivity contribution < 1.29 is 13.9 Å². The average molecular weight is 540 g/mol. The van der Waals surface area contributed by atoms with Crippen LogP contribution in [0.5, 0.6) is 0 Å². The van der Waals surface area contributed by atoms with E-state index in [1.807, 2.05) is 12.1 Å². The van der Waals surface area contributed by atoms with Crippen molar-refractivity contribution in [3.8, 4) is 0 Å². The highest BCUT2D eigenvalue weighted by atomic mass is 16.6. The van der Waals surface area contributed by atoms with Gasteiger partial charge < -0.3 is 0 Å². The van der Waals surface area contributed by atoms with Crippen LogP contribution in [0, 0.1) is 16.0 Å². The molecule has 0 aromatic heterocycles. The van der Waals surface area contributed by atoms with E-state index in [0.29, 0.717) is 18.2 Å². The Kier molecular flexibility index (Phi) is 6.71. The molecule has 40 heavy (non-hydrogen) atoms. The van der Waals surface area contributed by atoms with Gasteiger partial charge in [0.1, 0.15) is 13.1 Å². The monoisotopic (exact) mass is 539 g/mol. The summed E-state index contributed by atoms with van der Waals surface area (Å²) >= 11 is 0. The van der Waals surface area contributed by atoms with Crippen molar-refractivity contribution in [2.75, 3.05) is 52.4 Å². The largest absolute Gasteiger partial charge is 0.297 e. The van der Waals surface area contributed by atoms with Crippen LogP contribution in [0.3, 0.4) is 0 Å². The highest BCUT2D eigenvalue weighted by Gasteiger charge is 2.65. The maximum atomic E-state index is 11.2. The number of quaternary nitrogens is 2. The number of piperazine rings is 2. The van der Waals surface area contributed by atoms with Crippen LogP contribution >= 0.6 is 0 Å². The van der Waals surface area contributed by atoms with Crippen molar-refractivity contribution in [1.29, 1.82) is 0 Å². The van der Waals surface area contributed by atoms with Gasteiger partial charge in [-0.3, -0.25) is 19.1 Å². The van der Waals surface area contributed by atoms with Gasteiger partial charge in [0.05, 0.1) is 44.2 Å². The number of hydrogen-bond donors (Lipinski definition) is 0. The van der Waals surface area contributed by atoms with E-state index in [4.69, 9.17) is 0 Å². The summed E-state index contributed by atoms with van der Waals surface area (Å²) in [7, 11) is 0. The number of hydrogen-bond acceptors (Lipinski definition) is 4. The Balaban J connectivity index is 1.24. The summed E-state index contributed by atoms with van der Waals surface area (Å²) < 4.78 is 2.34. The summed E-state index contributed by atoms with van der Waals surface area (Å²) in [5.41, 5.74) is 4.30. The molecule has 5 atom stereocenters. The number of non-ortho nitro benzene ring substituents is 1. The smallest absolute Gasteiger partial charge is 0.269 e. The van der Waals surface area contributed by atoms with E-state index in [2.05, 4.69) is 70.5 Å². The van der Waals surface area contributed by atoms with Gasteiger partial charge >= 0.3 is 0 Å². The Morgan fingerprint density at radius 1 is 0.700 bits per heavy atom. The predicted octanol–water partition coefficient (Wildman–Crippen LogP) is 4.49. The molecule has 4 saturated heterocycles. The van der Waals surface area contributed by atoms with E-state index in [1.54, 1.807) is 12.1 Å². The molecular weight excluding hydrogens is 498 g/mol. The molecule has 3 aromatic rings. The standard InChI is InChI=1S/C33H41N5O2/c39-36(40)31-14-12-27(13-15-31)22-30-23-35-18-20-37(24-28-8-3-1-4-9-28)19-7-16-34-17-21-38(26-30,33(35)32(34)37)25-29-10-5-2-6-11-29/h1-6,8-15,30,32-33H,7,16-26H2/q+2/t30?,32-,33-,37?,38?/m1/s1. The molecule has 3 unspecified atom stereocenters. The fourth-order valence-electron chi connectivity index (χ4n) is 8.80. The van der Waals surface area contributed by atoms with E-state index in [-0.39, 0.29) is 10.6 Å². The first-order valence-corrected chi connectivity index (χ1v) is 15.0. The van der Waals surface area contributed by atoms with Crippen molar-refractivity contribution in [2.24, 2.45) is 5.92 Å². The average Bonchev–Trinajstić information content (AvgIpc) is 2.97. The van der Waals surface area contributed by atoms with Gasteiger partial charge in [-0.05, 0) is 12.0 Å². The zero-order valence-electron chi connectivity index (χ0n) is 23.4. The summed E-state index contributed by atoms with van der Waals surface area (Å²) in [6, 6.07) is 29.6. The predicted molar refractivity (Wildman–Crippen MR) is 156 cm³/mol. The van der Waals surface area contributed by atoms with Crippen LogP contribution in [0.1, 0.15) is 23.1 Å². The van der Waals surface area contributed by atoms with Crippen molar-refractivity contribution >= 4 is 5.69 Å². The molecule has 4 aliphatic heterocycles. The fourth-order valence-corrected chi connectivity index (χ4v) is 8.80. The highest BCUT2D eigenvalue weighted by molar-refractivity contribution is 5.33. The van der Waals surface area contributed by atoms with Crippen molar-refractivity contribution in [3.63, 3.8) is 0 Å². The fraction of sp³-hybridized carbons (Fsp3) is 0.455. The number of nitro benzene ring substituents is 1. The third-order valence-electron chi connectivity index (χ3n) is 10.3. The number of rotatable bonds is 7. The van der Waals surface area contributed by atoms with Crippen LogP contribution in [-0.2, 0) is 19.5 Å². The molecule has 0 bridgehead atoms. The van der Waals surface area contributed by atoms with E-state index in [1.165, 1.54) is 66.9 Å². The third kappa shape index (κ3) is 4.65. The Bertz CT molecular complexity index is 1340. The van der Waals surface area contributed by atoms with Crippen molar-refractivity contribution in [2.45, 2.75) is 38.3 Å². The number of nitro groups is 1. The second kappa shape index (κ2) is 10.4. The van der Waals surface area contributed by atoms with Crippen LogP contribution in [0.15, 0.2) is 84.9 Å². The molecule has 3 aromatic carbocycles. The minimum absolute atomic E-state index is 0.178. The molecule has 0 saturated carbocycles. The molecule has 0 amide bonds. The molecule has 7 heteroatoms. The quantitative estimate of drug-likeness (QED) is 0.252. The highest BCUT2D eigenvalue weighted by Crippen LogP contribution is 2.45. The van der Waals surface area contributed by atoms with E-state index < -0.39 is 0 Å². The molecule has 0 spiro atoms. The van der Waals surface area contributed by atoms with Gasteiger partial charge in [-0.15, -0.1) is 0 Å². The molecule has 208 valence electrons. The summed E-state index contributed by atoms with van der Waals surface area (Å²) in [6.07, 6.45) is 3.30. The zero-order valence-corrected chi connectivity index (χ0v) is 23.4. The van der Waals surface area contributed by atoms with Crippen molar-refractivity contribution in [1.82, 2.24) is 9.80 Å². The van der Waals surface area contributed by atoms with Gasteiger partial charge in [-0.25, -0.2) is 9.80 Å². The third-order valence-corrected chi connectivity index (χ3v) is 10.3. The molecule has 0 N–H and O–H groups in total. The van der Waals surface area contributed by atoms with Gasteiger partial charge in [0, 0.05) is 48.7 Å². The minimum atomic E-state index is -0.299. The molecule has 4 aliphatic rings. The summed E-state index contributed by atoms with van der Waals surface area (Å²) in [5.74, 6) is 0.533. The maximum absolute atomic E-state index is 11.2. The Hall–Kier alpha value is -3.10. The summed E-state index contributed by atoms with van der Waals surface area (Å²) in [5, 5.41) is 11.2. The molecule has 7 nitrogen and oxygen atoms in total. The SMILES string of the molecule is O=[N+]([O-])c1ccc(CC2CN3CC[N+]4(Cc5ccccc5)CCCN5CC[N+](Cc6ccccc6)(C2)[C@@H]3[C@H]54)cc1. The van der Waals surface area contributed by atoms with E-state index in [9.17, 15) is 10.1 Å². The molecule has 4 heterocycles. The molecule has 0 aliphatic carbocycles. The van der Waals surface area contributed by atoms with E-state index >= 15 is 0 Å². The lowest BCUT2D eigenvalue weighted by Crippen LogP contribution is -2.87. The lowest BCUT2D eigenvalue weighted by Gasteiger charge is -2.68.